The summed E-state index contributed by atoms with van der Waals surface area (Å²) in [5.41, 5.74) is 0.401. The third-order valence-electron chi connectivity index (χ3n) is 2.41. The van der Waals surface area contributed by atoms with Gasteiger partial charge in [0.25, 0.3) is 0 Å². The topological polar surface area (TPSA) is 40.9 Å². The van der Waals surface area contributed by atoms with Crippen molar-refractivity contribution in [1.82, 2.24) is 0 Å². The first-order valence-electron chi connectivity index (χ1n) is 4.81. The van der Waals surface area contributed by atoms with Gasteiger partial charge in [0.2, 0.25) is 0 Å². The van der Waals surface area contributed by atoms with Crippen LogP contribution in [0.5, 0.6) is 0 Å². The number of nitrogens with zero attached hydrogens (tertiary/aromatic N) is 1. The van der Waals surface area contributed by atoms with Gasteiger partial charge in [-0.2, -0.15) is 5.26 Å². The van der Waals surface area contributed by atoms with Crippen molar-refractivity contribution in [2.75, 3.05) is 0 Å². The lowest BCUT2D eigenvalue weighted by Crippen LogP contribution is -1.99. The van der Waals surface area contributed by atoms with Crippen molar-refractivity contribution in [2.24, 2.45) is 0 Å². The SMILES string of the molecule is N#CCC(=O)c1ccc(F)c2ccccc12. The summed E-state index contributed by atoms with van der Waals surface area (Å²) in [5, 5.41) is 9.45. The number of nitriles is 1. The second-order valence-corrected chi connectivity index (χ2v) is 3.40. The second kappa shape index (κ2) is 4.11. The number of hydrogen-bond acceptors (Lipinski definition) is 2. The quantitative estimate of drug-likeness (QED) is 0.719. The lowest BCUT2D eigenvalue weighted by molar-refractivity contribution is 0.0999. The van der Waals surface area contributed by atoms with Gasteiger partial charge in [0.1, 0.15) is 5.82 Å². The molecule has 16 heavy (non-hydrogen) atoms. The first-order chi connectivity index (χ1) is 7.74. The summed E-state index contributed by atoms with van der Waals surface area (Å²) >= 11 is 0. The third kappa shape index (κ3) is 1.66. The van der Waals surface area contributed by atoms with Crippen molar-refractivity contribution in [3.8, 4) is 6.07 Å². The number of fused-ring (bicyclic) bond motifs is 1. The fourth-order valence-electron chi connectivity index (χ4n) is 1.67. The monoisotopic (exact) mass is 213 g/mol. The van der Waals surface area contributed by atoms with Gasteiger partial charge in [-0.05, 0) is 17.5 Å². The van der Waals surface area contributed by atoms with Gasteiger partial charge < -0.3 is 0 Å². The molecule has 0 bridgehead atoms. The van der Waals surface area contributed by atoms with E-state index in [0.29, 0.717) is 16.3 Å². The molecule has 0 unspecified atom stereocenters. The molecule has 0 aliphatic carbocycles. The number of carbonyl (C=O) groups is 1. The third-order valence-corrected chi connectivity index (χ3v) is 2.41. The molecule has 78 valence electrons. The molecule has 0 aliphatic heterocycles. The summed E-state index contributed by atoms with van der Waals surface area (Å²) in [6.45, 7) is 0. The molecule has 2 aromatic rings. The van der Waals surface area contributed by atoms with E-state index < -0.39 is 0 Å². The zero-order valence-electron chi connectivity index (χ0n) is 8.40. The van der Waals surface area contributed by atoms with Crippen LogP contribution in [0.2, 0.25) is 0 Å². The first kappa shape index (κ1) is 10.3. The first-order valence-corrected chi connectivity index (χ1v) is 4.81. The van der Waals surface area contributed by atoms with Gasteiger partial charge in [-0.15, -0.1) is 0 Å². The van der Waals surface area contributed by atoms with Gasteiger partial charge in [0.05, 0.1) is 12.5 Å². The maximum absolute atomic E-state index is 13.4. The Bertz CT molecular complexity index is 598. The maximum atomic E-state index is 13.4. The minimum absolute atomic E-state index is 0.185. The Labute approximate surface area is 91.9 Å². The number of carbonyl (C=O) groups excluding carboxylic acids is 1. The zero-order valence-corrected chi connectivity index (χ0v) is 8.40. The van der Waals surface area contributed by atoms with Crippen molar-refractivity contribution in [3.05, 3.63) is 47.8 Å². The van der Waals surface area contributed by atoms with Crippen LogP contribution in [0.1, 0.15) is 16.8 Å². The molecule has 0 fully saturated rings. The average Bonchev–Trinajstić information content (AvgIpc) is 2.30. The van der Waals surface area contributed by atoms with E-state index >= 15 is 0 Å². The van der Waals surface area contributed by atoms with Crippen LogP contribution in [0.15, 0.2) is 36.4 Å². The van der Waals surface area contributed by atoms with Crippen molar-refractivity contribution >= 4 is 16.6 Å². The van der Waals surface area contributed by atoms with Crippen LogP contribution in [0, 0.1) is 17.1 Å². The average molecular weight is 213 g/mol. The Morgan fingerprint density at radius 2 is 1.88 bits per heavy atom. The highest BCUT2D eigenvalue weighted by Gasteiger charge is 2.11. The number of rotatable bonds is 2. The van der Waals surface area contributed by atoms with Gasteiger partial charge >= 0.3 is 0 Å². The Balaban J connectivity index is 2.68. The fraction of sp³-hybridized carbons (Fsp3) is 0.0769. The van der Waals surface area contributed by atoms with E-state index in [9.17, 15) is 9.18 Å². The predicted molar refractivity (Wildman–Crippen MR) is 58.5 cm³/mol. The Kier molecular flexibility index (Phi) is 2.65. The molecule has 0 aromatic heterocycles. The summed E-state index contributed by atoms with van der Waals surface area (Å²) in [4.78, 5) is 11.6. The summed E-state index contributed by atoms with van der Waals surface area (Å²) in [6.07, 6.45) is -0.185. The van der Waals surface area contributed by atoms with E-state index in [1.165, 1.54) is 12.1 Å². The molecule has 0 N–H and O–H groups in total. The van der Waals surface area contributed by atoms with Crippen LogP contribution in [-0.4, -0.2) is 5.78 Å². The van der Waals surface area contributed by atoms with Gasteiger partial charge in [-0.3, -0.25) is 4.79 Å². The molecule has 2 nitrogen and oxygen atoms in total. The van der Waals surface area contributed by atoms with E-state index in [-0.39, 0.29) is 18.0 Å². The van der Waals surface area contributed by atoms with Crippen molar-refractivity contribution < 1.29 is 9.18 Å². The highest BCUT2D eigenvalue weighted by Crippen LogP contribution is 2.22. The van der Waals surface area contributed by atoms with Crippen molar-refractivity contribution in [1.29, 1.82) is 5.26 Å². The molecule has 0 aliphatic rings. The van der Waals surface area contributed by atoms with Crippen molar-refractivity contribution in [2.45, 2.75) is 6.42 Å². The van der Waals surface area contributed by atoms with Crippen LogP contribution in [-0.2, 0) is 0 Å². The number of hydrogen-bond donors (Lipinski definition) is 0. The lowest BCUT2D eigenvalue weighted by Gasteiger charge is -2.04. The Morgan fingerprint density at radius 3 is 2.56 bits per heavy atom. The molecule has 0 heterocycles. The van der Waals surface area contributed by atoms with Gasteiger partial charge in [0, 0.05) is 10.9 Å². The summed E-state index contributed by atoms with van der Waals surface area (Å²) in [6, 6.07) is 11.2. The molecule has 0 spiro atoms. The normalized spacial score (nSPS) is 10.0. The van der Waals surface area contributed by atoms with Crippen LogP contribution < -0.4 is 0 Å². The van der Waals surface area contributed by atoms with E-state index in [0.717, 1.165) is 0 Å². The summed E-state index contributed by atoms with van der Waals surface area (Å²) in [5.74, 6) is -0.636. The minimum Gasteiger partial charge on any atom is -0.293 e. The van der Waals surface area contributed by atoms with Gasteiger partial charge in [-0.1, -0.05) is 24.3 Å². The highest BCUT2D eigenvalue weighted by molar-refractivity contribution is 6.08. The number of ketones is 1. The van der Waals surface area contributed by atoms with E-state index in [4.69, 9.17) is 5.26 Å². The molecule has 0 saturated heterocycles. The second-order valence-electron chi connectivity index (χ2n) is 3.40. The maximum Gasteiger partial charge on any atom is 0.177 e. The smallest absolute Gasteiger partial charge is 0.177 e. The number of Topliss-reactive ketones (excluding diaryl/α,β-unsaturated/α-hetero) is 1. The van der Waals surface area contributed by atoms with Gasteiger partial charge in [-0.25, -0.2) is 4.39 Å². The molecule has 2 aromatic carbocycles. The van der Waals surface area contributed by atoms with E-state index in [2.05, 4.69) is 0 Å². The predicted octanol–water partition coefficient (Wildman–Crippen LogP) is 3.08. The molecule has 3 heteroatoms. The Hall–Kier alpha value is -2.21. The molecule has 0 saturated carbocycles. The molecular weight excluding hydrogens is 205 g/mol. The molecule has 2 rings (SSSR count). The number of benzene rings is 2. The largest absolute Gasteiger partial charge is 0.293 e. The van der Waals surface area contributed by atoms with E-state index in [1.807, 2.05) is 0 Å². The molecular formula is C13H8FNO. The summed E-state index contributed by atoms with van der Waals surface area (Å²) in [7, 11) is 0. The molecule has 0 atom stereocenters. The van der Waals surface area contributed by atoms with Crippen molar-refractivity contribution in [3.63, 3.8) is 0 Å². The molecule has 0 radical (unpaired) electrons. The fourth-order valence-corrected chi connectivity index (χ4v) is 1.67. The lowest BCUT2D eigenvalue weighted by atomic mass is 10.00. The standard InChI is InChI=1S/C13H8FNO/c14-12-6-5-11(13(16)7-8-15)9-3-1-2-4-10(9)12/h1-6H,7H2. The van der Waals surface area contributed by atoms with Crippen LogP contribution in [0.4, 0.5) is 4.39 Å². The van der Waals surface area contributed by atoms with Gasteiger partial charge in [0.15, 0.2) is 5.78 Å². The summed E-state index contributed by atoms with van der Waals surface area (Å²) < 4.78 is 13.4. The zero-order chi connectivity index (χ0) is 11.5. The Morgan fingerprint density at radius 1 is 1.19 bits per heavy atom. The van der Waals surface area contributed by atoms with E-state index in [1.54, 1.807) is 30.3 Å². The highest BCUT2D eigenvalue weighted by atomic mass is 19.1. The van der Waals surface area contributed by atoms with Crippen LogP contribution in [0.3, 0.4) is 0 Å². The van der Waals surface area contributed by atoms with Crippen LogP contribution >= 0.6 is 0 Å². The number of halogens is 1. The molecule has 0 amide bonds. The van der Waals surface area contributed by atoms with Crippen LogP contribution in [0.25, 0.3) is 10.8 Å². The minimum atomic E-state index is -0.357.